The number of amides is 2. The molecule has 0 atom stereocenters. The molecule has 1 heterocycles. The van der Waals surface area contributed by atoms with Gasteiger partial charge in [0.2, 0.25) is 5.91 Å². The highest BCUT2D eigenvalue weighted by molar-refractivity contribution is 6.07. The average Bonchev–Trinajstić information content (AvgIpc) is 3.10. The van der Waals surface area contributed by atoms with Crippen LogP contribution in [0.2, 0.25) is 0 Å². The minimum Gasteiger partial charge on any atom is -0.352 e. The zero-order chi connectivity index (χ0) is 19.4. The third-order valence-corrected chi connectivity index (χ3v) is 5.37. The number of anilines is 1. The predicted octanol–water partition coefficient (Wildman–Crippen LogP) is 4.25. The van der Waals surface area contributed by atoms with Crippen molar-refractivity contribution in [2.45, 2.75) is 46.6 Å². The van der Waals surface area contributed by atoms with Crippen molar-refractivity contribution in [3.63, 3.8) is 0 Å². The van der Waals surface area contributed by atoms with Crippen LogP contribution >= 0.6 is 0 Å². The van der Waals surface area contributed by atoms with Crippen LogP contribution in [0.15, 0.2) is 42.5 Å². The summed E-state index contributed by atoms with van der Waals surface area (Å²) in [7, 11) is 0. The molecule has 1 aliphatic rings. The highest BCUT2D eigenvalue weighted by Crippen LogP contribution is 2.30. The van der Waals surface area contributed by atoms with E-state index in [1.54, 1.807) is 0 Å². The van der Waals surface area contributed by atoms with Crippen LogP contribution in [0, 0.1) is 12.8 Å². The van der Waals surface area contributed by atoms with Gasteiger partial charge >= 0.3 is 0 Å². The lowest BCUT2D eigenvalue weighted by molar-refractivity contribution is -0.125. The molecule has 0 saturated carbocycles. The van der Waals surface area contributed by atoms with E-state index >= 15 is 0 Å². The van der Waals surface area contributed by atoms with E-state index in [0.717, 1.165) is 41.6 Å². The van der Waals surface area contributed by atoms with Crippen molar-refractivity contribution in [3.05, 3.63) is 64.7 Å². The molecule has 2 aromatic carbocycles. The number of aryl methyl sites for hydroxylation is 1. The molecular weight excluding hydrogens is 336 g/mol. The van der Waals surface area contributed by atoms with Crippen LogP contribution in [-0.2, 0) is 17.8 Å². The Kier molecular flexibility index (Phi) is 5.94. The lowest BCUT2D eigenvalue weighted by Crippen LogP contribution is -2.29. The van der Waals surface area contributed by atoms with Gasteiger partial charge in [0, 0.05) is 30.3 Å². The zero-order valence-corrected chi connectivity index (χ0v) is 16.4. The molecule has 0 fully saturated rings. The normalized spacial score (nSPS) is 13.0. The van der Waals surface area contributed by atoms with Crippen LogP contribution in [0.4, 0.5) is 5.69 Å². The molecule has 2 aromatic rings. The van der Waals surface area contributed by atoms with Crippen LogP contribution in [0.25, 0.3) is 0 Å². The maximum Gasteiger partial charge on any atom is 0.258 e. The zero-order valence-electron chi connectivity index (χ0n) is 16.4. The number of hydrogen-bond donors (Lipinski definition) is 1. The third-order valence-electron chi connectivity index (χ3n) is 5.37. The number of hydrogen-bond acceptors (Lipinski definition) is 2. The minimum atomic E-state index is 0.0484. The van der Waals surface area contributed by atoms with Gasteiger partial charge in [-0.25, -0.2) is 0 Å². The largest absolute Gasteiger partial charge is 0.352 e. The lowest BCUT2D eigenvalue weighted by Gasteiger charge is -2.18. The van der Waals surface area contributed by atoms with Gasteiger partial charge < -0.3 is 10.2 Å². The molecule has 142 valence electrons. The van der Waals surface area contributed by atoms with Gasteiger partial charge in [-0.1, -0.05) is 43.7 Å². The summed E-state index contributed by atoms with van der Waals surface area (Å²) >= 11 is 0. The van der Waals surface area contributed by atoms with Gasteiger partial charge in [0.25, 0.3) is 5.91 Å². The molecule has 0 unspecified atom stereocenters. The fourth-order valence-corrected chi connectivity index (χ4v) is 3.70. The molecule has 0 bridgehead atoms. The molecule has 2 amide bonds. The first-order chi connectivity index (χ1) is 13.0. The van der Waals surface area contributed by atoms with Gasteiger partial charge in [-0.05, 0) is 55.5 Å². The predicted molar refractivity (Wildman–Crippen MR) is 109 cm³/mol. The van der Waals surface area contributed by atoms with E-state index in [2.05, 4.69) is 11.4 Å². The van der Waals surface area contributed by atoms with Gasteiger partial charge in [0.05, 0.1) is 0 Å². The average molecular weight is 364 g/mol. The van der Waals surface area contributed by atoms with Crippen molar-refractivity contribution in [1.29, 1.82) is 0 Å². The molecule has 0 spiro atoms. The van der Waals surface area contributed by atoms with Crippen molar-refractivity contribution in [2.75, 3.05) is 11.4 Å². The number of rotatable bonds is 6. The van der Waals surface area contributed by atoms with E-state index in [4.69, 9.17) is 0 Å². The Balaban J connectivity index is 1.70. The Morgan fingerprint density at radius 3 is 2.59 bits per heavy atom. The summed E-state index contributed by atoms with van der Waals surface area (Å²) in [5, 5.41) is 3.04. The van der Waals surface area contributed by atoms with E-state index in [9.17, 15) is 9.59 Å². The smallest absolute Gasteiger partial charge is 0.258 e. The second-order valence-electron chi connectivity index (χ2n) is 7.27. The number of carbonyl (C=O) groups is 2. The van der Waals surface area contributed by atoms with E-state index in [1.807, 2.05) is 62.1 Å². The van der Waals surface area contributed by atoms with Crippen LogP contribution < -0.4 is 10.2 Å². The summed E-state index contributed by atoms with van der Waals surface area (Å²) in [6, 6.07) is 13.9. The van der Waals surface area contributed by atoms with Crippen LogP contribution in [0.5, 0.6) is 0 Å². The van der Waals surface area contributed by atoms with Crippen LogP contribution in [0.1, 0.15) is 53.7 Å². The first-order valence-corrected chi connectivity index (χ1v) is 9.81. The lowest BCUT2D eigenvalue weighted by atomic mass is 10.0. The summed E-state index contributed by atoms with van der Waals surface area (Å²) in [5.41, 5.74) is 5.05. The number of nitrogens with one attached hydrogen (secondary N) is 1. The SMILES string of the molecule is CCC(CC)C(=O)NCc1ccc2c(c1)CCN2C(=O)c1cccc(C)c1. The summed E-state index contributed by atoms with van der Waals surface area (Å²) in [6.07, 6.45) is 2.58. The molecule has 0 radical (unpaired) electrons. The molecule has 4 heteroatoms. The second kappa shape index (κ2) is 8.38. The summed E-state index contributed by atoms with van der Waals surface area (Å²) in [5.74, 6) is 0.255. The highest BCUT2D eigenvalue weighted by atomic mass is 16.2. The quantitative estimate of drug-likeness (QED) is 0.833. The van der Waals surface area contributed by atoms with Crippen molar-refractivity contribution < 1.29 is 9.59 Å². The van der Waals surface area contributed by atoms with E-state index in [0.29, 0.717) is 13.1 Å². The molecule has 4 nitrogen and oxygen atoms in total. The number of carbonyl (C=O) groups excluding carboxylic acids is 2. The highest BCUT2D eigenvalue weighted by Gasteiger charge is 2.25. The van der Waals surface area contributed by atoms with Gasteiger partial charge in [-0.3, -0.25) is 9.59 Å². The molecular formula is C23H28N2O2. The second-order valence-corrected chi connectivity index (χ2v) is 7.27. The summed E-state index contributed by atoms with van der Waals surface area (Å²) in [6.45, 7) is 7.32. The van der Waals surface area contributed by atoms with Gasteiger partial charge in [0.15, 0.2) is 0 Å². The van der Waals surface area contributed by atoms with Crippen molar-refractivity contribution in [1.82, 2.24) is 5.32 Å². The maximum absolute atomic E-state index is 12.9. The molecule has 27 heavy (non-hydrogen) atoms. The summed E-state index contributed by atoms with van der Waals surface area (Å²) < 4.78 is 0. The van der Waals surface area contributed by atoms with E-state index in [1.165, 1.54) is 5.56 Å². The third kappa shape index (κ3) is 4.21. The fraction of sp³-hybridized carbons (Fsp3) is 0.391. The van der Waals surface area contributed by atoms with Gasteiger partial charge in [0.1, 0.15) is 0 Å². The molecule has 1 N–H and O–H groups in total. The monoisotopic (exact) mass is 364 g/mol. The van der Waals surface area contributed by atoms with E-state index in [-0.39, 0.29) is 17.7 Å². The molecule has 0 aromatic heterocycles. The Hall–Kier alpha value is -2.62. The fourth-order valence-electron chi connectivity index (χ4n) is 3.70. The Morgan fingerprint density at radius 1 is 1.11 bits per heavy atom. The van der Waals surface area contributed by atoms with Gasteiger partial charge in [-0.15, -0.1) is 0 Å². The Bertz CT molecular complexity index is 840. The number of benzene rings is 2. The van der Waals surface area contributed by atoms with E-state index < -0.39 is 0 Å². The standard InChI is InChI=1S/C23H28N2O2/c1-4-18(5-2)22(26)24-15-17-9-10-21-19(14-17)11-12-25(21)23(27)20-8-6-7-16(3)13-20/h6-10,13-14,18H,4-5,11-12,15H2,1-3H3,(H,24,26). The van der Waals surface area contributed by atoms with Crippen molar-refractivity contribution in [2.24, 2.45) is 5.92 Å². The van der Waals surface area contributed by atoms with Crippen molar-refractivity contribution >= 4 is 17.5 Å². The molecule has 0 aliphatic carbocycles. The molecule has 1 aliphatic heterocycles. The summed E-state index contributed by atoms with van der Waals surface area (Å²) in [4.78, 5) is 26.9. The molecule has 0 saturated heterocycles. The van der Waals surface area contributed by atoms with Crippen LogP contribution in [0.3, 0.4) is 0 Å². The first-order valence-electron chi connectivity index (χ1n) is 9.81. The number of nitrogens with zero attached hydrogens (tertiary/aromatic N) is 1. The Labute approximate surface area is 161 Å². The first kappa shape index (κ1) is 19.2. The van der Waals surface area contributed by atoms with Crippen LogP contribution in [-0.4, -0.2) is 18.4 Å². The minimum absolute atomic E-state index is 0.0484. The Morgan fingerprint density at radius 2 is 1.89 bits per heavy atom. The number of fused-ring (bicyclic) bond motifs is 1. The van der Waals surface area contributed by atoms with Gasteiger partial charge in [-0.2, -0.15) is 0 Å². The molecule has 3 rings (SSSR count). The maximum atomic E-state index is 12.9. The van der Waals surface area contributed by atoms with Crippen molar-refractivity contribution in [3.8, 4) is 0 Å². The topological polar surface area (TPSA) is 49.4 Å².